The van der Waals surface area contributed by atoms with Gasteiger partial charge in [0.15, 0.2) is 5.78 Å². The largest absolute Gasteiger partial charge is 0.495 e. The second-order valence-electron chi connectivity index (χ2n) is 6.89. The molecule has 0 heterocycles. The van der Waals surface area contributed by atoms with E-state index in [4.69, 9.17) is 4.74 Å². The second-order valence-corrected chi connectivity index (χ2v) is 6.89. The van der Waals surface area contributed by atoms with E-state index in [2.05, 4.69) is 5.32 Å². The molecule has 2 rings (SSSR count). The van der Waals surface area contributed by atoms with E-state index in [0.717, 1.165) is 11.1 Å². The van der Waals surface area contributed by atoms with Crippen LogP contribution in [0.3, 0.4) is 0 Å². The highest BCUT2D eigenvalue weighted by Gasteiger charge is 2.15. The van der Waals surface area contributed by atoms with E-state index >= 15 is 0 Å². The van der Waals surface area contributed by atoms with E-state index in [0.29, 0.717) is 22.6 Å². The lowest BCUT2D eigenvalue weighted by molar-refractivity contribution is -0.116. The van der Waals surface area contributed by atoms with E-state index in [9.17, 15) is 14.4 Å². The van der Waals surface area contributed by atoms with E-state index < -0.39 is 0 Å². The van der Waals surface area contributed by atoms with E-state index in [1.807, 2.05) is 26.0 Å². The van der Waals surface area contributed by atoms with Crippen LogP contribution in [0, 0.1) is 13.8 Å². The number of carbonyl (C=O) groups excluding carboxylic acids is 3. The Kier molecular flexibility index (Phi) is 6.93. The van der Waals surface area contributed by atoms with Crippen molar-refractivity contribution in [3.05, 3.63) is 58.7 Å². The first-order chi connectivity index (χ1) is 13.2. The summed E-state index contributed by atoms with van der Waals surface area (Å²) in [6.45, 7) is 3.94. The van der Waals surface area contributed by atoms with Gasteiger partial charge in [0.05, 0.1) is 12.8 Å². The van der Waals surface area contributed by atoms with Crippen LogP contribution in [0.4, 0.5) is 5.69 Å². The van der Waals surface area contributed by atoms with Crippen molar-refractivity contribution < 1.29 is 19.1 Å². The van der Waals surface area contributed by atoms with Crippen LogP contribution in [0.1, 0.15) is 44.7 Å². The molecule has 28 heavy (non-hydrogen) atoms. The fourth-order valence-electron chi connectivity index (χ4n) is 2.70. The van der Waals surface area contributed by atoms with Gasteiger partial charge in [0.25, 0.3) is 5.91 Å². The highest BCUT2D eigenvalue weighted by atomic mass is 16.5. The minimum atomic E-state index is -0.315. The molecule has 148 valence electrons. The second kappa shape index (κ2) is 9.17. The summed E-state index contributed by atoms with van der Waals surface area (Å²) in [5.74, 6) is -0.126. The number of nitrogens with one attached hydrogen (secondary N) is 1. The standard InChI is InChI=1S/C22H26N2O4/c1-14-6-7-16(12-15(14)2)19(25)9-11-21(26)23-18-13-17(22(27)24(3)4)8-10-20(18)28-5/h6-8,10,12-13H,9,11H2,1-5H3,(H,23,26). The van der Waals surface area contributed by atoms with Gasteiger partial charge < -0.3 is 15.0 Å². The molecule has 1 N–H and O–H groups in total. The smallest absolute Gasteiger partial charge is 0.253 e. The van der Waals surface area contributed by atoms with Crippen LogP contribution in [-0.4, -0.2) is 43.7 Å². The first kappa shape index (κ1) is 21.2. The van der Waals surface area contributed by atoms with Crippen LogP contribution in [0.2, 0.25) is 0 Å². The summed E-state index contributed by atoms with van der Waals surface area (Å²) in [6.07, 6.45) is 0.147. The summed E-state index contributed by atoms with van der Waals surface area (Å²) in [4.78, 5) is 38.3. The molecule has 0 aliphatic heterocycles. The molecule has 0 spiro atoms. The van der Waals surface area contributed by atoms with Crippen molar-refractivity contribution in [2.24, 2.45) is 0 Å². The highest BCUT2D eigenvalue weighted by molar-refractivity contribution is 6.01. The predicted octanol–water partition coefficient (Wildman–Crippen LogP) is 3.62. The molecule has 0 aliphatic carbocycles. The lowest BCUT2D eigenvalue weighted by Gasteiger charge is -2.14. The van der Waals surface area contributed by atoms with E-state index in [1.165, 1.54) is 12.0 Å². The van der Waals surface area contributed by atoms with Crippen LogP contribution in [0.25, 0.3) is 0 Å². The number of rotatable bonds is 7. The molecule has 0 aromatic heterocycles. The molecule has 2 aromatic rings. The molecular formula is C22H26N2O4. The van der Waals surface area contributed by atoms with Crippen molar-refractivity contribution in [2.75, 3.05) is 26.5 Å². The minimum Gasteiger partial charge on any atom is -0.495 e. The summed E-state index contributed by atoms with van der Waals surface area (Å²) >= 11 is 0. The van der Waals surface area contributed by atoms with Crippen molar-refractivity contribution in [3.8, 4) is 5.75 Å². The number of anilines is 1. The van der Waals surface area contributed by atoms with Crippen LogP contribution in [-0.2, 0) is 4.79 Å². The molecule has 0 aliphatic rings. The fraction of sp³-hybridized carbons (Fsp3) is 0.318. The van der Waals surface area contributed by atoms with Gasteiger partial charge in [-0.25, -0.2) is 0 Å². The van der Waals surface area contributed by atoms with Gasteiger partial charge in [0.1, 0.15) is 5.75 Å². The maximum Gasteiger partial charge on any atom is 0.253 e. The van der Waals surface area contributed by atoms with Crippen LogP contribution in [0.15, 0.2) is 36.4 Å². The Balaban J connectivity index is 2.05. The first-order valence-corrected chi connectivity index (χ1v) is 9.03. The molecule has 0 saturated carbocycles. The van der Waals surface area contributed by atoms with Crippen LogP contribution >= 0.6 is 0 Å². The molecule has 0 unspecified atom stereocenters. The highest BCUT2D eigenvalue weighted by Crippen LogP contribution is 2.26. The minimum absolute atomic E-state index is 0.0424. The van der Waals surface area contributed by atoms with Gasteiger partial charge in [-0.15, -0.1) is 0 Å². The maximum atomic E-state index is 12.4. The summed E-state index contributed by atoms with van der Waals surface area (Å²) in [7, 11) is 4.80. The van der Waals surface area contributed by atoms with Crippen LogP contribution < -0.4 is 10.1 Å². The summed E-state index contributed by atoms with van der Waals surface area (Å²) in [6, 6.07) is 10.4. The van der Waals surface area contributed by atoms with E-state index in [1.54, 1.807) is 38.4 Å². The lowest BCUT2D eigenvalue weighted by atomic mass is 10.0. The summed E-state index contributed by atoms with van der Waals surface area (Å²) in [5.41, 5.74) is 3.61. The number of benzene rings is 2. The lowest BCUT2D eigenvalue weighted by Crippen LogP contribution is -2.22. The average Bonchev–Trinajstić information content (AvgIpc) is 2.67. The van der Waals surface area contributed by atoms with Gasteiger partial charge in [-0.2, -0.15) is 0 Å². The molecular weight excluding hydrogens is 356 g/mol. The Bertz CT molecular complexity index is 903. The maximum absolute atomic E-state index is 12.4. The topological polar surface area (TPSA) is 75.7 Å². The van der Waals surface area contributed by atoms with Gasteiger partial charge in [-0.05, 0) is 49.2 Å². The molecule has 0 saturated heterocycles. The molecule has 2 aromatic carbocycles. The van der Waals surface area contributed by atoms with Crippen molar-refractivity contribution in [3.63, 3.8) is 0 Å². The summed E-state index contributed by atoms with van der Waals surface area (Å²) < 4.78 is 5.25. The number of ether oxygens (including phenoxy) is 1. The predicted molar refractivity (Wildman–Crippen MR) is 109 cm³/mol. The number of amides is 2. The molecule has 0 bridgehead atoms. The number of Topliss-reactive ketones (excluding diaryl/α,β-unsaturated/α-hetero) is 1. The zero-order chi connectivity index (χ0) is 20.8. The molecule has 2 amide bonds. The number of carbonyl (C=O) groups is 3. The van der Waals surface area contributed by atoms with E-state index in [-0.39, 0.29) is 30.4 Å². The average molecular weight is 382 g/mol. The first-order valence-electron chi connectivity index (χ1n) is 9.03. The van der Waals surface area contributed by atoms with Crippen molar-refractivity contribution in [2.45, 2.75) is 26.7 Å². The van der Waals surface area contributed by atoms with Gasteiger partial charge >= 0.3 is 0 Å². The fourth-order valence-corrected chi connectivity index (χ4v) is 2.70. The van der Waals surface area contributed by atoms with Gasteiger partial charge in [0.2, 0.25) is 5.91 Å². The quantitative estimate of drug-likeness (QED) is 0.742. The summed E-state index contributed by atoms with van der Waals surface area (Å²) in [5, 5.41) is 2.74. The molecule has 0 fully saturated rings. The number of hydrogen-bond donors (Lipinski definition) is 1. The van der Waals surface area contributed by atoms with Crippen LogP contribution in [0.5, 0.6) is 5.75 Å². The number of nitrogens with zero attached hydrogens (tertiary/aromatic N) is 1. The zero-order valence-corrected chi connectivity index (χ0v) is 17.0. The molecule has 6 heteroatoms. The van der Waals surface area contributed by atoms with Gasteiger partial charge in [0, 0.05) is 38.1 Å². The number of hydrogen-bond acceptors (Lipinski definition) is 4. The Labute approximate surface area is 165 Å². The number of methoxy groups -OCH3 is 1. The van der Waals surface area contributed by atoms with Gasteiger partial charge in [-0.1, -0.05) is 12.1 Å². The monoisotopic (exact) mass is 382 g/mol. The Hall–Kier alpha value is -3.15. The zero-order valence-electron chi connectivity index (χ0n) is 17.0. The molecule has 0 radical (unpaired) electrons. The number of aryl methyl sites for hydroxylation is 2. The third-order valence-electron chi connectivity index (χ3n) is 4.53. The third-order valence-corrected chi connectivity index (χ3v) is 4.53. The van der Waals surface area contributed by atoms with Gasteiger partial charge in [-0.3, -0.25) is 14.4 Å². The van der Waals surface area contributed by atoms with Crippen molar-refractivity contribution in [1.82, 2.24) is 4.90 Å². The van der Waals surface area contributed by atoms with Crippen molar-refractivity contribution in [1.29, 1.82) is 0 Å². The normalized spacial score (nSPS) is 10.3. The Morgan fingerprint density at radius 3 is 2.21 bits per heavy atom. The molecule has 6 nitrogen and oxygen atoms in total. The SMILES string of the molecule is COc1ccc(C(=O)N(C)C)cc1NC(=O)CCC(=O)c1ccc(C)c(C)c1. The van der Waals surface area contributed by atoms with Crippen molar-refractivity contribution >= 4 is 23.3 Å². The number of ketones is 1. The third kappa shape index (κ3) is 5.19. The Morgan fingerprint density at radius 1 is 0.929 bits per heavy atom. The Morgan fingerprint density at radius 2 is 1.61 bits per heavy atom. The molecule has 0 atom stereocenters.